The highest BCUT2D eigenvalue weighted by Gasteiger charge is 2.13. The van der Waals surface area contributed by atoms with Crippen molar-refractivity contribution in [1.29, 1.82) is 0 Å². The minimum absolute atomic E-state index is 0.236. The van der Waals surface area contributed by atoms with E-state index in [2.05, 4.69) is 30.7 Å². The van der Waals surface area contributed by atoms with Crippen LogP contribution in [-0.2, 0) is 0 Å². The summed E-state index contributed by atoms with van der Waals surface area (Å²) in [6.45, 7) is 2.13. The maximum atomic E-state index is 12.1. The molecule has 7 nitrogen and oxygen atoms in total. The van der Waals surface area contributed by atoms with Crippen LogP contribution in [0.25, 0.3) is 0 Å². The molecule has 2 aromatic heterocycles. The van der Waals surface area contributed by atoms with Gasteiger partial charge in [-0.1, -0.05) is 6.07 Å². The third-order valence-electron chi connectivity index (χ3n) is 4.42. The Labute approximate surface area is 157 Å². The number of amides is 1. The molecule has 1 aromatic carbocycles. The van der Waals surface area contributed by atoms with Gasteiger partial charge in [0, 0.05) is 36.7 Å². The normalized spacial score (nSPS) is 13.4. The van der Waals surface area contributed by atoms with Crippen LogP contribution in [-0.4, -0.2) is 34.2 Å². The maximum Gasteiger partial charge on any atom is 0.274 e. The number of rotatable bonds is 5. The van der Waals surface area contributed by atoms with Crippen LogP contribution in [0.4, 0.5) is 22.9 Å². The molecule has 1 fully saturated rings. The molecule has 1 amide bonds. The SMILES string of the molecule is O=C(Nc1ccc(Nc2cc(N3CCCC3)cnn2)cc1)c1ccccn1. The maximum absolute atomic E-state index is 12.1. The first kappa shape index (κ1) is 17.0. The minimum atomic E-state index is -0.236. The highest BCUT2D eigenvalue weighted by molar-refractivity contribution is 6.02. The topological polar surface area (TPSA) is 83.0 Å². The first-order valence-electron chi connectivity index (χ1n) is 8.95. The summed E-state index contributed by atoms with van der Waals surface area (Å²) in [5, 5.41) is 14.3. The number of carbonyl (C=O) groups is 1. The smallest absolute Gasteiger partial charge is 0.274 e. The van der Waals surface area contributed by atoms with E-state index < -0.39 is 0 Å². The van der Waals surface area contributed by atoms with Crippen LogP contribution in [0, 0.1) is 0 Å². The first-order chi connectivity index (χ1) is 13.3. The molecule has 0 atom stereocenters. The van der Waals surface area contributed by atoms with E-state index in [0.29, 0.717) is 17.2 Å². The van der Waals surface area contributed by atoms with Crippen molar-refractivity contribution >= 4 is 28.8 Å². The number of hydrogen-bond acceptors (Lipinski definition) is 6. The third-order valence-corrected chi connectivity index (χ3v) is 4.42. The lowest BCUT2D eigenvalue weighted by Crippen LogP contribution is -2.18. The molecule has 0 saturated carbocycles. The average Bonchev–Trinajstić information content (AvgIpc) is 3.25. The largest absolute Gasteiger partial charge is 0.370 e. The molecule has 1 aliphatic rings. The second kappa shape index (κ2) is 7.82. The van der Waals surface area contributed by atoms with Gasteiger partial charge in [-0.05, 0) is 49.2 Å². The quantitative estimate of drug-likeness (QED) is 0.725. The summed E-state index contributed by atoms with van der Waals surface area (Å²) in [6, 6.07) is 14.7. The summed E-state index contributed by atoms with van der Waals surface area (Å²) in [4.78, 5) is 18.5. The van der Waals surface area contributed by atoms with Crippen molar-refractivity contribution in [3.8, 4) is 0 Å². The minimum Gasteiger partial charge on any atom is -0.370 e. The number of carbonyl (C=O) groups excluding carboxylic acids is 1. The van der Waals surface area contributed by atoms with Crippen molar-refractivity contribution in [2.45, 2.75) is 12.8 Å². The standard InChI is InChI=1S/C20H20N6O/c27-20(18-5-1-2-10-21-18)24-16-8-6-15(7-9-16)23-19-13-17(14-22-25-19)26-11-3-4-12-26/h1-2,5-10,13-14H,3-4,11-12H2,(H,23,25)(H,24,27). The Morgan fingerprint density at radius 2 is 1.78 bits per heavy atom. The fourth-order valence-corrected chi connectivity index (χ4v) is 3.04. The number of aromatic nitrogens is 3. The Hall–Kier alpha value is -3.48. The van der Waals surface area contributed by atoms with Crippen LogP contribution in [0.1, 0.15) is 23.3 Å². The van der Waals surface area contributed by atoms with Crippen LogP contribution in [0.5, 0.6) is 0 Å². The molecule has 27 heavy (non-hydrogen) atoms. The van der Waals surface area contributed by atoms with Gasteiger partial charge in [0.1, 0.15) is 5.69 Å². The lowest BCUT2D eigenvalue weighted by molar-refractivity contribution is 0.102. The van der Waals surface area contributed by atoms with Gasteiger partial charge in [-0.3, -0.25) is 9.78 Å². The molecule has 3 aromatic rings. The van der Waals surface area contributed by atoms with Crippen molar-refractivity contribution < 1.29 is 4.79 Å². The molecule has 3 heterocycles. The Kier molecular flexibility index (Phi) is 4.91. The number of nitrogens with zero attached hydrogens (tertiary/aromatic N) is 4. The van der Waals surface area contributed by atoms with Crippen LogP contribution in [0.2, 0.25) is 0 Å². The van der Waals surface area contributed by atoms with Crippen LogP contribution in [0.15, 0.2) is 60.9 Å². The van der Waals surface area contributed by atoms with E-state index in [4.69, 9.17) is 0 Å². The average molecular weight is 360 g/mol. The summed E-state index contributed by atoms with van der Waals surface area (Å²) in [7, 11) is 0. The Balaban J connectivity index is 1.41. The van der Waals surface area contributed by atoms with Gasteiger partial charge in [-0.15, -0.1) is 5.10 Å². The second-order valence-corrected chi connectivity index (χ2v) is 6.36. The van der Waals surface area contributed by atoms with Crippen molar-refractivity contribution in [2.75, 3.05) is 28.6 Å². The van der Waals surface area contributed by atoms with Gasteiger partial charge in [0.25, 0.3) is 5.91 Å². The zero-order valence-electron chi connectivity index (χ0n) is 14.8. The molecule has 2 N–H and O–H groups in total. The van der Waals surface area contributed by atoms with Gasteiger partial charge in [-0.2, -0.15) is 5.10 Å². The fourth-order valence-electron chi connectivity index (χ4n) is 3.04. The zero-order chi connectivity index (χ0) is 18.5. The third kappa shape index (κ3) is 4.20. The number of nitrogens with one attached hydrogen (secondary N) is 2. The summed E-state index contributed by atoms with van der Waals surface area (Å²) < 4.78 is 0. The van der Waals surface area contributed by atoms with Crippen LogP contribution < -0.4 is 15.5 Å². The molecule has 1 aliphatic heterocycles. The Morgan fingerprint density at radius 3 is 2.52 bits per heavy atom. The fraction of sp³-hybridized carbons (Fsp3) is 0.200. The monoisotopic (exact) mass is 360 g/mol. The molecule has 0 aliphatic carbocycles. The lowest BCUT2D eigenvalue weighted by atomic mass is 10.2. The molecule has 0 radical (unpaired) electrons. The molecule has 7 heteroatoms. The van der Waals surface area contributed by atoms with Crippen LogP contribution >= 0.6 is 0 Å². The van der Waals surface area contributed by atoms with Crippen molar-refractivity contribution in [3.05, 3.63) is 66.6 Å². The van der Waals surface area contributed by atoms with E-state index in [1.165, 1.54) is 12.8 Å². The first-order valence-corrected chi connectivity index (χ1v) is 8.95. The summed E-state index contributed by atoms with van der Waals surface area (Å²) >= 11 is 0. The van der Waals surface area contributed by atoms with Crippen molar-refractivity contribution in [2.24, 2.45) is 0 Å². The van der Waals surface area contributed by atoms with Gasteiger partial charge in [0.05, 0.1) is 11.9 Å². The van der Waals surface area contributed by atoms with Gasteiger partial charge < -0.3 is 15.5 Å². The highest BCUT2D eigenvalue weighted by Crippen LogP contribution is 2.23. The number of hydrogen-bond donors (Lipinski definition) is 2. The zero-order valence-corrected chi connectivity index (χ0v) is 14.8. The summed E-state index contributed by atoms with van der Waals surface area (Å²) in [5.41, 5.74) is 3.05. The van der Waals surface area contributed by atoms with E-state index in [1.807, 2.05) is 30.3 Å². The second-order valence-electron chi connectivity index (χ2n) is 6.36. The van der Waals surface area contributed by atoms with Crippen molar-refractivity contribution in [1.82, 2.24) is 15.2 Å². The van der Waals surface area contributed by atoms with E-state index in [-0.39, 0.29) is 5.91 Å². The number of anilines is 4. The summed E-state index contributed by atoms with van der Waals surface area (Å²) in [6.07, 6.45) is 5.83. The number of benzene rings is 1. The van der Waals surface area contributed by atoms with E-state index in [0.717, 1.165) is 24.5 Å². The molecule has 0 spiro atoms. The molecule has 0 unspecified atom stereocenters. The number of pyridine rings is 1. The molecular formula is C20H20N6O. The summed E-state index contributed by atoms with van der Waals surface area (Å²) in [5.74, 6) is 0.463. The van der Waals surface area contributed by atoms with Gasteiger partial charge in [0.15, 0.2) is 5.82 Å². The predicted octanol–water partition coefficient (Wildman–Crippen LogP) is 3.47. The molecule has 1 saturated heterocycles. The van der Waals surface area contributed by atoms with Gasteiger partial charge in [0.2, 0.25) is 0 Å². The molecule has 4 rings (SSSR count). The van der Waals surface area contributed by atoms with Crippen LogP contribution in [0.3, 0.4) is 0 Å². The molecule has 136 valence electrons. The molecule has 0 bridgehead atoms. The lowest BCUT2D eigenvalue weighted by Gasteiger charge is -2.17. The van der Waals surface area contributed by atoms with Gasteiger partial charge >= 0.3 is 0 Å². The highest BCUT2D eigenvalue weighted by atomic mass is 16.1. The Bertz CT molecular complexity index is 907. The van der Waals surface area contributed by atoms with E-state index in [9.17, 15) is 4.79 Å². The van der Waals surface area contributed by atoms with E-state index in [1.54, 1.807) is 30.6 Å². The van der Waals surface area contributed by atoms with E-state index >= 15 is 0 Å². The Morgan fingerprint density at radius 1 is 1.00 bits per heavy atom. The van der Waals surface area contributed by atoms with Crippen molar-refractivity contribution in [3.63, 3.8) is 0 Å². The predicted molar refractivity (Wildman–Crippen MR) is 105 cm³/mol. The molecular weight excluding hydrogens is 340 g/mol. The van der Waals surface area contributed by atoms with Gasteiger partial charge in [-0.25, -0.2) is 0 Å².